The maximum absolute atomic E-state index is 13.4. The third-order valence-corrected chi connectivity index (χ3v) is 6.54. The van der Waals surface area contributed by atoms with Crippen LogP contribution in [0.5, 0.6) is 5.88 Å². The lowest BCUT2D eigenvalue weighted by molar-refractivity contribution is 0.0487. The summed E-state index contributed by atoms with van der Waals surface area (Å²) >= 11 is 0. The molecule has 8 nitrogen and oxygen atoms in total. The minimum Gasteiger partial charge on any atom is -0.477 e. The molecule has 1 atom stereocenters. The molecule has 2 saturated carbocycles. The summed E-state index contributed by atoms with van der Waals surface area (Å²) in [5.41, 5.74) is 1.53. The molecule has 2 aromatic rings. The predicted molar refractivity (Wildman–Crippen MR) is 112 cm³/mol. The lowest BCUT2D eigenvalue weighted by Gasteiger charge is -2.26. The van der Waals surface area contributed by atoms with Gasteiger partial charge in [-0.25, -0.2) is 4.98 Å². The number of aromatic nitrogens is 3. The molecule has 3 fully saturated rings. The quantitative estimate of drug-likeness (QED) is 0.636. The Bertz CT molecular complexity index is 931. The highest BCUT2D eigenvalue weighted by molar-refractivity contribution is 5.92. The van der Waals surface area contributed by atoms with Crippen LogP contribution in [0.15, 0.2) is 16.7 Å². The molecule has 1 amide bonds. The Morgan fingerprint density at radius 3 is 2.58 bits per heavy atom. The third kappa shape index (κ3) is 4.59. The summed E-state index contributed by atoms with van der Waals surface area (Å²) < 4.78 is 16.8. The van der Waals surface area contributed by atoms with Crippen molar-refractivity contribution in [2.45, 2.75) is 57.4 Å². The zero-order valence-electron chi connectivity index (χ0n) is 18.2. The Labute approximate surface area is 182 Å². The standard InChI is InChI=1S/C23H30N4O4/c1-14-24-21(26-31-14)20(17-5-6-17)27(2)23(28)19-8-7-18(16-3-4-16)22(25-19)30-13-15-9-11-29-12-10-15/h7-8,15-17,20H,3-6,9-13H2,1-2H3. The van der Waals surface area contributed by atoms with E-state index in [1.165, 1.54) is 0 Å². The number of rotatable bonds is 8. The number of nitrogens with zero attached hydrogens (tertiary/aromatic N) is 4. The van der Waals surface area contributed by atoms with Crippen molar-refractivity contribution in [2.75, 3.05) is 26.9 Å². The molecule has 2 aromatic heterocycles. The van der Waals surface area contributed by atoms with Crippen LogP contribution < -0.4 is 4.74 Å². The van der Waals surface area contributed by atoms with E-state index in [1.54, 1.807) is 18.9 Å². The summed E-state index contributed by atoms with van der Waals surface area (Å²) in [5, 5.41) is 4.08. The molecule has 3 heterocycles. The summed E-state index contributed by atoms with van der Waals surface area (Å²) in [7, 11) is 1.80. The van der Waals surface area contributed by atoms with Gasteiger partial charge in [-0.05, 0) is 62.3 Å². The lowest BCUT2D eigenvalue weighted by Crippen LogP contribution is -2.34. The first-order chi connectivity index (χ1) is 15.1. The third-order valence-electron chi connectivity index (χ3n) is 6.54. The fraction of sp³-hybridized carbons (Fsp3) is 0.652. The number of pyridine rings is 1. The molecule has 0 spiro atoms. The first kappa shape index (κ1) is 20.4. The van der Waals surface area contributed by atoms with Crippen molar-refractivity contribution < 1.29 is 18.8 Å². The Kier molecular flexibility index (Phi) is 5.65. The van der Waals surface area contributed by atoms with Gasteiger partial charge in [0.2, 0.25) is 11.8 Å². The molecule has 1 saturated heterocycles. The number of amides is 1. The van der Waals surface area contributed by atoms with Crippen molar-refractivity contribution in [3.05, 3.63) is 35.1 Å². The number of carbonyl (C=O) groups excluding carboxylic acids is 1. The number of hydrogen-bond acceptors (Lipinski definition) is 7. The van der Waals surface area contributed by atoms with Crippen LogP contribution in [0.25, 0.3) is 0 Å². The van der Waals surface area contributed by atoms with Crippen LogP contribution in [0.2, 0.25) is 0 Å². The van der Waals surface area contributed by atoms with Crippen molar-refractivity contribution in [1.29, 1.82) is 0 Å². The average molecular weight is 427 g/mol. The summed E-state index contributed by atoms with van der Waals surface area (Å²) in [4.78, 5) is 24.1. The van der Waals surface area contributed by atoms with E-state index in [2.05, 4.69) is 10.1 Å². The minimum absolute atomic E-state index is 0.141. The van der Waals surface area contributed by atoms with Crippen molar-refractivity contribution in [1.82, 2.24) is 20.0 Å². The molecule has 3 aliphatic rings. The van der Waals surface area contributed by atoms with Crippen LogP contribution in [0, 0.1) is 18.8 Å². The SMILES string of the molecule is Cc1nc(C(C2CC2)N(C)C(=O)c2ccc(C3CC3)c(OCC3CCOCC3)n2)no1. The van der Waals surface area contributed by atoms with E-state index in [0.717, 1.165) is 57.3 Å². The molecule has 5 rings (SSSR count). The maximum atomic E-state index is 13.4. The number of ether oxygens (including phenoxy) is 2. The Hall–Kier alpha value is -2.48. The van der Waals surface area contributed by atoms with Crippen molar-refractivity contribution in [2.24, 2.45) is 11.8 Å². The van der Waals surface area contributed by atoms with Gasteiger partial charge in [-0.3, -0.25) is 4.79 Å². The molecule has 31 heavy (non-hydrogen) atoms. The zero-order chi connectivity index (χ0) is 21.4. The fourth-order valence-electron chi connectivity index (χ4n) is 4.36. The van der Waals surface area contributed by atoms with Gasteiger partial charge in [-0.2, -0.15) is 4.98 Å². The van der Waals surface area contributed by atoms with E-state index in [4.69, 9.17) is 19.0 Å². The van der Waals surface area contributed by atoms with Crippen molar-refractivity contribution >= 4 is 5.91 Å². The molecule has 0 aromatic carbocycles. The molecular formula is C23H30N4O4. The molecular weight excluding hydrogens is 396 g/mol. The monoisotopic (exact) mass is 426 g/mol. The van der Waals surface area contributed by atoms with E-state index in [1.807, 2.05) is 12.1 Å². The Morgan fingerprint density at radius 2 is 1.94 bits per heavy atom. The van der Waals surface area contributed by atoms with E-state index in [0.29, 0.717) is 47.6 Å². The van der Waals surface area contributed by atoms with Crippen molar-refractivity contribution in [3.8, 4) is 5.88 Å². The second-order valence-corrected chi connectivity index (χ2v) is 9.10. The Morgan fingerprint density at radius 1 is 1.16 bits per heavy atom. The highest BCUT2D eigenvalue weighted by Gasteiger charge is 2.40. The fourth-order valence-corrected chi connectivity index (χ4v) is 4.36. The number of carbonyl (C=O) groups is 1. The van der Waals surface area contributed by atoms with E-state index in [9.17, 15) is 4.79 Å². The van der Waals surface area contributed by atoms with Gasteiger partial charge in [0.05, 0.1) is 12.6 Å². The van der Waals surface area contributed by atoms with Crippen LogP contribution in [0.3, 0.4) is 0 Å². The van der Waals surface area contributed by atoms with E-state index in [-0.39, 0.29) is 11.9 Å². The smallest absolute Gasteiger partial charge is 0.272 e. The highest BCUT2D eigenvalue weighted by Crippen LogP contribution is 2.45. The molecule has 2 aliphatic carbocycles. The van der Waals surface area contributed by atoms with Gasteiger partial charge < -0.3 is 18.9 Å². The van der Waals surface area contributed by atoms with Crippen LogP contribution in [-0.2, 0) is 4.74 Å². The minimum atomic E-state index is -0.193. The molecule has 166 valence electrons. The van der Waals surface area contributed by atoms with Gasteiger partial charge in [-0.15, -0.1) is 0 Å². The van der Waals surface area contributed by atoms with E-state index >= 15 is 0 Å². The highest BCUT2D eigenvalue weighted by atomic mass is 16.5. The lowest BCUT2D eigenvalue weighted by atomic mass is 10.0. The van der Waals surface area contributed by atoms with Crippen LogP contribution in [0.1, 0.15) is 78.3 Å². The second kappa shape index (κ2) is 8.57. The van der Waals surface area contributed by atoms with Crippen molar-refractivity contribution in [3.63, 3.8) is 0 Å². The van der Waals surface area contributed by atoms with Gasteiger partial charge >= 0.3 is 0 Å². The van der Waals surface area contributed by atoms with Gasteiger partial charge in [0, 0.05) is 32.7 Å². The second-order valence-electron chi connectivity index (χ2n) is 9.10. The summed E-state index contributed by atoms with van der Waals surface area (Å²) in [6.07, 6.45) is 6.44. The largest absolute Gasteiger partial charge is 0.477 e. The summed E-state index contributed by atoms with van der Waals surface area (Å²) in [6, 6.07) is 3.66. The topological polar surface area (TPSA) is 90.6 Å². The van der Waals surface area contributed by atoms with Gasteiger partial charge in [0.1, 0.15) is 5.69 Å². The Balaban J connectivity index is 1.35. The first-order valence-corrected chi connectivity index (χ1v) is 11.4. The van der Waals surface area contributed by atoms with Gasteiger partial charge in [-0.1, -0.05) is 11.2 Å². The van der Waals surface area contributed by atoms with Crippen LogP contribution >= 0.6 is 0 Å². The summed E-state index contributed by atoms with van der Waals surface area (Å²) in [5.74, 6) is 2.90. The average Bonchev–Trinajstić information content (AvgIpc) is 3.72. The van der Waals surface area contributed by atoms with E-state index < -0.39 is 0 Å². The van der Waals surface area contributed by atoms with Gasteiger partial charge in [0.15, 0.2) is 5.82 Å². The number of hydrogen-bond donors (Lipinski definition) is 0. The van der Waals surface area contributed by atoms with Crippen LogP contribution in [0.4, 0.5) is 0 Å². The zero-order valence-corrected chi connectivity index (χ0v) is 18.2. The molecule has 1 aliphatic heterocycles. The summed E-state index contributed by atoms with van der Waals surface area (Å²) in [6.45, 7) is 3.97. The molecule has 1 unspecified atom stereocenters. The first-order valence-electron chi connectivity index (χ1n) is 11.4. The maximum Gasteiger partial charge on any atom is 0.272 e. The van der Waals surface area contributed by atoms with Gasteiger partial charge in [0.25, 0.3) is 5.91 Å². The number of aryl methyl sites for hydroxylation is 1. The van der Waals surface area contributed by atoms with Crippen LogP contribution in [-0.4, -0.2) is 52.8 Å². The molecule has 0 N–H and O–H groups in total. The molecule has 0 radical (unpaired) electrons. The predicted octanol–water partition coefficient (Wildman–Crippen LogP) is 3.68. The molecule has 8 heteroatoms. The normalized spacial score (nSPS) is 20.5. The molecule has 0 bridgehead atoms.